The van der Waals surface area contributed by atoms with Crippen LogP contribution in [0.1, 0.15) is 6.92 Å². The minimum Gasteiger partial charge on any atom is -0.497 e. The van der Waals surface area contributed by atoms with E-state index >= 15 is 0 Å². The Labute approximate surface area is 89.0 Å². The van der Waals surface area contributed by atoms with E-state index in [1.165, 1.54) is 0 Å². The molecule has 1 rings (SSSR count). The van der Waals surface area contributed by atoms with Gasteiger partial charge in [-0.25, -0.2) is 0 Å². The molecule has 1 atom stereocenters. The molecule has 0 aliphatic heterocycles. The van der Waals surface area contributed by atoms with Crippen LogP contribution in [0.5, 0.6) is 11.5 Å². The molecule has 82 valence electrons. The summed E-state index contributed by atoms with van der Waals surface area (Å²) in [4.78, 5) is 11.2. The van der Waals surface area contributed by atoms with Crippen LogP contribution in [0, 0.1) is 0 Å². The molecule has 0 aliphatic carbocycles. The van der Waals surface area contributed by atoms with Crippen LogP contribution in [0.2, 0.25) is 0 Å². The first-order valence-electron chi connectivity index (χ1n) is 4.68. The molecule has 0 amide bonds. The van der Waals surface area contributed by atoms with Crippen LogP contribution < -0.4 is 15.2 Å². The second-order valence-electron chi connectivity index (χ2n) is 3.22. The summed E-state index contributed by atoms with van der Waals surface area (Å²) in [5, 5.41) is 0. The second kappa shape index (κ2) is 5.36. The molecule has 0 bridgehead atoms. The lowest BCUT2D eigenvalue weighted by Crippen LogP contribution is -2.31. The first kappa shape index (κ1) is 11.5. The van der Waals surface area contributed by atoms with Gasteiger partial charge in [-0.15, -0.1) is 0 Å². The van der Waals surface area contributed by atoms with Gasteiger partial charge in [-0.05, 0) is 31.2 Å². The predicted octanol–water partition coefficient (Wildman–Crippen LogP) is 0.990. The molecule has 2 N–H and O–H groups in total. The standard InChI is InChI=1S/C11H15NO3/c1-8(12)11(13)7-15-10-5-3-9(14-2)4-6-10/h3-6,8H,7,12H2,1-2H3. The lowest BCUT2D eigenvalue weighted by molar-refractivity contribution is -0.121. The Hall–Kier alpha value is -1.55. The van der Waals surface area contributed by atoms with Gasteiger partial charge in [0.25, 0.3) is 0 Å². The van der Waals surface area contributed by atoms with Crippen LogP contribution in [0.3, 0.4) is 0 Å². The summed E-state index contributed by atoms with van der Waals surface area (Å²) in [6, 6.07) is 6.54. The van der Waals surface area contributed by atoms with Gasteiger partial charge in [0.2, 0.25) is 0 Å². The fraction of sp³-hybridized carbons (Fsp3) is 0.364. The molecule has 0 fully saturated rings. The highest BCUT2D eigenvalue weighted by atomic mass is 16.5. The zero-order valence-corrected chi connectivity index (χ0v) is 8.90. The van der Waals surface area contributed by atoms with Crippen LogP contribution in [-0.2, 0) is 4.79 Å². The van der Waals surface area contributed by atoms with E-state index in [2.05, 4.69) is 0 Å². The van der Waals surface area contributed by atoms with E-state index in [4.69, 9.17) is 15.2 Å². The predicted molar refractivity (Wildman–Crippen MR) is 57.1 cm³/mol. The van der Waals surface area contributed by atoms with Crippen molar-refractivity contribution in [1.29, 1.82) is 0 Å². The van der Waals surface area contributed by atoms with E-state index in [0.29, 0.717) is 5.75 Å². The average molecular weight is 209 g/mol. The lowest BCUT2D eigenvalue weighted by atomic mass is 10.2. The first-order chi connectivity index (χ1) is 7.13. The number of ketones is 1. The Kier molecular flexibility index (Phi) is 4.12. The van der Waals surface area contributed by atoms with Crippen molar-refractivity contribution in [2.24, 2.45) is 5.73 Å². The molecule has 4 heteroatoms. The Morgan fingerprint density at radius 3 is 2.33 bits per heavy atom. The van der Waals surface area contributed by atoms with Crippen LogP contribution in [0.4, 0.5) is 0 Å². The molecule has 0 saturated carbocycles. The van der Waals surface area contributed by atoms with Gasteiger partial charge < -0.3 is 15.2 Å². The molecule has 0 radical (unpaired) electrons. The summed E-state index contributed by atoms with van der Waals surface area (Å²) in [6.45, 7) is 1.64. The minimum absolute atomic E-state index is 0.00396. The summed E-state index contributed by atoms with van der Waals surface area (Å²) >= 11 is 0. The molecule has 0 aromatic heterocycles. The summed E-state index contributed by atoms with van der Waals surface area (Å²) in [6.07, 6.45) is 0. The highest BCUT2D eigenvalue weighted by Crippen LogP contribution is 2.16. The SMILES string of the molecule is COc1ccc(OCC(=O)C(C)N)cc1. The van der Waals surface area contributed by atoms with Crippen molar-refractivity contribution in [3.63, 3.8) is 0 Å². The van der Waals surface area contributed by atoms with Gasteiger partial charge in [0.1, 0.15) is 18.1 Å². The van der Waals surface area contributed by atoms with Crippen molar-refractivity contribution in [2.75, 3.05) is 13.7 Å². The van der Waals surface area contributed by atoms with E-state index in [1.807, 2.05) is 0 Å². The maximum absolute atomic E-state index is 11.2. The highest BCUT2D eigenvalue weighted by Gasteiger charge is 2.07. The number of benzene rings is 1. The molecule has 0 saturated heterocycles. The fourth-order valence-corrected chi connectivity index (χ4v) is 0.958. The third kappa shape index (κ3) is 3.59. The van der Waals surface area contributed by atoms with E-state index in [0.717, 1.165) is 5.75 Å². The van der Waals surface area contributed by atoms with Gasteiger partial charge in [0.15, 0.2) is 5.78 Å². The molecule has 0 spiro atoms. The van der Waals surface area contributed by atoms with Crippen molar-refractivity contribution in [1.82, 2.24) is 0 Å². The number of Topliss-reactive ketones (excluding diaryl/α,β-unsaturated/α-hetero) is 1. The summed E-state index contributed by atoms with van der Waals surface area (Å²) in [7, 11) is 1.59. The summed E-state index contributed by atoms with van der Waals surface area (Å²) < 4.78 is 10.2. The third-order valence-corrected chi connectivity index (χ3v) is 1.95. The van der Waals surface area contributed by atoms with Crippen molar-refractivity contribution < 1.29 is 14.3 Å². The number of hydrogen-bond acceptors (Lipinski definition) is 4. The number of hydrogen-bond donors (Lipinski definition) is 1. The molecular weight excluding hydrogens is 194 g/mol. The van der Waals surface area contributed by atoms with Crippen LogP contribution >= 0.6 is 0 Å². The van der Waals surface area contributed by atoms with Crippen LogP contribution in [0.15, 0.2) is 24.3 Å². The third-order valence-electron chi connectivity index (χ3n) is 1.95. The Balaban J connectivity index is 2.47. The topological polar surface area (TPSA) is 61.5 Å². The van der Waals surface area contributed by atoms with Crippen LogP contribution in [-0.4, -0.2) is 25.5 Å². The number of carbonyl (C=O) groups excluding carboxylic acids is 1. The number of nitrogens with two attached hydrogens (primary N) is 1. The van der Waals surface area contributed by atoms with Crippen molar-refractivity contribution in [3.05, 3.63) is 24.3 Å². The van der Waals surface area contributed by atoms with Gasteiger partial charge in [0, 0.05) is 0 Å². The maximum atomic E-state index is 11.2. The number of ether oxygens (including phenoxy) is 2. The monoisotopic (exact) mass is 209 g/mol. The number of methoxy groups -OCH3 is 1. The van der Waals surface area contributed by atoms with Crippen LogP contribution in [0.25, 0.3) is 0 Å². The smallest absolute Gasteiger partial charge is 0.186 e. The number of rotatable bonds is 5. The van der Waals surface area contributed by atoms with Gasteiger partial charge in [-0.2, -0.15) is 0 Å². The Bertz CT molecular complexity index is 319. The van der Waals surface area contributed by atoms with Crippen molar-refractivity contribution in [2.45, 2.75) is 13.0 Å². The van der Waals surface area contributed by atoms with Crippen molar-refractivity contribution >= 4 is 5.78 Å². The van der Waals surface area contributed by atoms with Gasteiger partial charge in [-0.3, -0.25) is 4.79 Å². The second-order valence-corrected chi connectivity index (χ2v) is 3.22. The van der Waals surface area contributed by atoms with E-state index < -0.39 is 6.04 Å². The van der Waals surface area contributed by atoms with Gasteiger partial charge in [0.05, 0.1) is 13.2 Å². The quantitative estimate of drug-likeness (QED) is 0.785. The van der Waals surface area contributed by atoms with E-state index in [1.54, 1.807) is 38.3 Å². The maximum Gasteiger partial charge on any atom is 0.186 e. The van der Waals surface area contributed by atoms with Crippen molar-refractivity contribution in [3.8, 4) is 11.5 Å². The first-order valence-corrected chi connectivity index (χ1v) is 4.68. The lowest BCUT2D eigenvalue weighted by Gasteiger charge is -2.07. The molecule has 0 aliphatic rings. The normalized spacial score (nSPS) is 11.9. The molecule has 0 heterocycles. The Morgan fingerprint density at radius 1 is 1.33 bits per heavy atom. The Morgan fingerprint density at radius 2 is 1.87 bits per heavy atom. The summed E-state index contributed by atoms with van der Waals surface area (Å²) in [5.74, 6) is 1.26. The zero-order chi connectivity index (χ0) is 11.3. The molecule has 1 aromatic carbocycles. The summed E-state index contributed by atoms with van der Waals surface area (Å²) in [5.41, 5.74) is 5.40. The fourth-order valence-electron chi connectivity index (χ4n) is 0.958. The van der Waals surface area contributed by atoms with E-state index in [-0.39, 0.29) is 12.4 Å². The average Bonchev–Trinajstić information content (AvgIpc) is 2.26. The van der Waals surface area contributed by atoms with E-state index in [9.17, 15) is 4.79 Å². The molecule has 1 unspecified atom stereocenters. The molecule has 4 nitrogen and oxygen atoms in total. The van der Waals surface area contributed by atoms with Gasteiger partial charge >= 0.3 is 0 Å². The highest BCUT2D eigenvalue weighted by molar-refractivity contribution is 5.84. The molecule has 15 heavy (non-hydrogen) atoms. The molecule has 1 aromatic rings. The zero-order valence-electron chi connectivity index (χ0n) is 8.90. The number of carbonyl (C=O) groups is 1. The minimum atomic E-state index is -0.483. The largest absolute Gasteiger partial charge is 0.497 e. The molecular formula is C11H15NO3. The van der Waals surface area contributed by atoms with Gasteiger partial charge in [-0.1, -0.05) is 0 Å².